The van der Waals surface area contributed by atoms with Crippen molar-refractivity contribution in [2.75, 3.05) is 25.6 Å². The lowest BCUT2D eigenvalue weighted by Crippen LogP contribution is -2.34. The molecule has 0 aromatic carbocycles. The van der Waals surface area contributed by atoms with Crippen molar-refractivity contribution in [1.82, 2.24) is 9.55 Å². The molecule has 6 nitrogen and oxygen atoms in total. The predicted molar refractivity (Wildman–Crippen MR) is 64.1 cm³/mol. The zero-order chi connectivity index (χ0) is 12.8. The van der Waals surface area contributed by atoms with Crippen molar-refractivity contribution in [1.29, 1.82) is 0 Å². The van der Waals surface area contributed by atoms with Gasteiger partial charge in [-0.15, -0.1) is 0 Å². The zero-order valence-electron chi connectivity index (χ0n) is 10.3. The summed E-state index contributed by atoms with van der Waals surface area (Å²) in [6, 6.07) is 0. The number of carbonyl (C=O) groups excluding carboxylic acids is 1. The van der Waals surface area contributed by atoms with E-state index in [0.717, 1.165) is 6.42 Å². The Morgan fingerprint density at radius 3 is 2.88 bits per heavy atom. The molecule has 94 valence electrons. The molecule has 0 aliphatic rings. The monoisotopic (exact) mass is 239 g/mol. The first-order valence-electron chi connectivity index (χ1n) is 5.43. The summed E-state index contributed by atoms with van der Waals surface area (Å²) in [6.45, 7) is 2.64. The van der Waals surface area contributed by atoms with Gasteiger partial charge in [0.15, 0.2) is 5.82 Å². The molecule has 1 aromatic rings. The van der Waals surface area contributed by atoms with E-state index >= 15 is 0 Å². The quantitative estimate of drug-likeness (QED) is 0.690. The summed E-state index contributed by atoms with van der Waals surface area (Å²) in [5.41, 5.74) is -0.194. The van der Waals surface area contributed by atoms with Crippen LogP contribution in [0.4, 0.5) is 5.82 Å². The zero-order valence-corrected chi connectivity index (χ0v) is 10.3. The minimum absolute atomic E-state index is 0.00881. The van der Waals surface area contributed by atoms with E-state index in [1.165, 1.54) is 12.0 Å². The highest BCUT2D eigenvalue weighted by Crippen LogP contribution is 2.00. The van der Waals surface area contributed by atoms with Gasteiger partial charge >= 0.3 is 5.97 Å². The number of hydrogen-bond acceptors (Lipinski definition) is 5. The standard InChI is InChI=1S/C11H17N3O3/c1-4-6-14-7-5-12-10(11(14)16)13(2)8-9(15)17-3/h5,7H,4,6,8H2,1-3H3. The second-order valence-electron chi connectivity index (χ2n) is 3.68. The number of aromatic nitrogens is 2. The molecule has 0 N–H and O–H groups in total. The second kappa shape index (κ2) is 6.03. The maximum absolute atomic E-state index is 12.0. The van der Waals surface area contributed by atoms with Crippen molar-refractivity contribution in [3.05, 3.63) is 22.7 Å². The van der Waals surface area contributed by atoms with E-state index in [9.17, 15) is 9.59 Å². The average molecular weight is 239 g/mol. The number of hydrogen-bond donors (Lipinski definition) is 0. The third kappa shape index (κ3) is 3.30. The van der Waals surface area contributed by atoms with Crippen molar-refractivity contribution >= 4 is 11.8 Å². The van der Waals surface area contributed by atoms with Gasteiger partial charge in [0.2, 0.25) is 0 Å². The van der Waals surface area contributed by atoms with Gasteiger partial charge in [0.05, 0.1) is 7.11 Å². The van der Waals surface area contributed by atoms with Crippen molar-refractivity contribution in [2.24, 2.45) is 0 Å². The van der Waals surface area contributed by atoms with E-state index in [2.05, 4.69) is 9.72 Å². The molecule has 0 unspecified atom stereocenters. The van der Waals surface area contributed by atoms with Crippen molar-refractivity contribution in [3.8, 4) is 0 Å². The summed E-state index contributed by atoms with van der Waals surface area (Å²) in [7, 11) is 2.95. The van der Waals surface area contributed by atoms with E-state index in [4.69, 9.17) is 0 Å². The fourth-order valence-corrected chi connectivity index (χ4v) is 1.45. The van der Waals surface area contributed by atoms with Gasteiger partial charge in [-0.1, -0.05) is 6.92 Å². The molecule has 0 atom stereocenters. The van der Waals surface area contributed by atoms with Crippen LogP contribution in [0, 0.1) is 0 Å². The summed E-state index contributed by atoms with van der Waals surface area (Å²) < 4.78 is 6.12. The van der Waals surface area contributed by atoms with Gasteiger partial charge < -0.3 is 14.2 Å². The number of nitrogens with zero attached hydrogens (tertiary/aromatic N) is 3. The first-order valence-corrected chi connectivity index (χ1v) is 5.43. The average Bonchev–Trinajstić information content (AvgIpc) is 2.31. The molecule has 1 aromatic heterocycles. The molecular formula is C11H17N3O3. The number of ether oxygens (including phenoxy) is 1. The maximum Gasteiger partial charge on any atom is 0.325 e. The Morgan fingerprint density at radius 2 is 2.29 bits per heavy atom. The summed E-state index contributed by atoms with van der Waals surface area (Å²) in [5.74, 6) is -0.147. The molecule has 0 saturated heterocycles. The molecule has 0 bridgehead atoms. The van der Waals surface area contributed by atoms with Crippen LogP contribution in [0.5, 0.6) is 0 Å². The van der Waals surface area contributed by atoms with Crippen LogP contribution in [0.3, 0.4) is 0 Å². The van der Waals surface area contributed by atoms with Crippen LogP contribution >= 0.6 is 0 Å². The second-order valence-corrected chi connectivity index (χ2v) is 3.68. The van der Waals surface area contributed by atoms with Crippen LogP contribution in [-0.4, -0.2) is 36.2 Å². The Hall–Kier alpha value is -1.85. The fourth-order valence-electron chi connectivity index (χ4n) is 1.45. The highest BCUT2D eigenvalue weighted by molar-refractivity contribution is 5.74. The topological polar surface area (TPSA) is 64.4 Å². The highest BCUT2D eigenvalue weighted by Gasteiger charge is 2.13. The molecule has 0 amide bonds. The van der Waals surface area contributed by atoms with Gasteiger partial charge in [-0.3, -0.25) is 9.59 Å². The summed E-state index contributed by atoms with van der Waals surface area (Å²) in [5, 5.41) is 0. The van der Waals surface area contributed by atoms with Gasteiger partial charge in [0.25, 0.3) is 5.56 Å². The molecule has 0 saturated carbocycles. The lowest BCUT2D eigenvalue weighted by Gasteiger charge is -2.16. The molecule has 0 aliphatic heterocycles. The summed E-state index contributed by atoms with van der Waals surface area (Å²) in [6.07, 6.45) is 4.06. The van der Waals surface area contributed by atoms with Crippen LogP contribution < -0.4 is 10.5 Å². The number of carbonyl (C=O) groups is 1. The van der Waals surface area contributed by atoms with Crippen LogP contribution in [-0.2, 0) is 16.1 Å². The number of anilines is 1. The number of esters is 1. The molecule has 0 spiro atoms. The smallest absolute Gasteiger partial charge is 0.325 e. The van der Waals surface area contributed by atoms with Crippen LogP contribution in [0.15, 0.2) is 17.2 Å². The molecular weight excluding hydrogens is 222 g/mol. The molecule has 0 fully saturated rings. The van der Waals surface area contributed by atoms with Crippen molar-refractivity contribution < 1.29 is 9.53 Å². The molecule has 0 radical (unpaired) electrons. The summed E-state index contributed by atoms with van der Waals surface area (Å²) in [4.78, 5) is 28.6. The SMILES string of the molecule is CCCn1ccnc(N(C)CC(=O)OC)c1=O. The van der Waals surface area contributed by atoms with Gasteiger partial charge in [0.1, 0.15) is 6.54 Å². The van der Waals surface area contributed by atoms with Crippen LogP contribution in [0.1, 0.15) is 13.3 Å². The molecule has 17 heavy (non-hydrogen) atoms. The number of methoxy groups -OCH3 is 1. The Bertz CT molecular complexity index is 442. The molecule has 6 heteroatoms. The number of likely N-dealkylation sites (N-methyl/N-ethyl adjacent to an activating group) is 1. The molecule has 1 heterocycles. The normalized spacial score (nSPS) is 10.1. The highest BCUT2D eigenvalue weighted by atomic mass is 16.5. The number of rotatable bonds is 5. The lowest BCUT2D eigenvalue weighted by atomic mass is 10.4. The van der Waals surface area contributed by atoms with E-state index in [1.54, 1.807) is 24.0 Å². The van der Waals surface area contributed by atoms with Crippen molar-refractivity contribution in [2.45, 2.75) is 19.9 Å². The maximum atomic E-state index is 12.0. The van der Waals surface area contributed by atoms with E-state index < -0.39 is 5.97 Å². The Kier molecular flexibility index (Phi) is 4.68. The van der Waals surface area contributed by atoms with E-state index in [0.29, 0.717) is 6.54 Å². The van der Waals surface area contributed by atoms with Crippen LogP contribution in [0.25, 0.3) is 0 Å². The Labute approximate surface area is 99.8 Å². The van der Waals surface area contributed by atoms with Gasteiger partial charge in [-0.2, -0.15) is 0 Å². The Balaban J connectivity index is 2.94. The predicted octanol–water partition coefficient (Wildman–Crippen LogP) is 0.263. The minimum atomic E-state index is -0.403. The van der Waals surface area contributed by atoms with E-state index in [-0.39, 0.29) is 17.9 Å². The van der Waals surface area contributed by atoms with Gasteiger partial charge in [-0.25, -0.2) is 4.98 Å². The van der Waals surface area contributed by atoms with Crippen LogP contribution in [0.2, 0.25) is 0 Å². The summed E-state index contributed by atoms with van der Waals surface area (Å²) >= 11 is 0. The first kappa shape index (κ1) is 13.2. The fraction of sp³-hybridized carbons (Fsp3) is 0.545. The first-order chi connectivity index (χ1) is 8.10. The van der Waals surface area contributed by atoms with E-state index in [1.807, 2.05) is 6.92 Å². The molecule has 0 aliphatic carbocycles. The van der Waals surface area contributed by atoms with Gasteiger partial charge in [-0.05, 0) is 6.42 Å². The largest absolute Gasteiger partial charge is 0.468 e. The number of aryl methyl sites for hydroxylation is 1. The third-order valence-corrected chi connectivity index (χ3v) is 2.32. The lowest BCUT2D eigenvalue weighted by molar-refractivity contribution is -0.138. The Morgan fingerprint density at radius 1 is 1.59 bits per heavy atom. The molecule has 1 rings (SSSR count). The third-order valence-electron chi connectivity index (χ3n) is 2.32. The minimum Gasteiger partial charge on any atom is -0.468 e. The van der Waals surface area contributed by atoms with Crippen molar-refractivity contribution in [3.63, 3.8) is 0 Å². The van der Waals surface area contributed by atoms with Gasteiger partial charge in [0, 0.05) is 26.0 Å².